The molecule has 0 atom stereocenters. The second-order valence-electron chi connectivity index (χ2n) is 5.28. The third-order valence-electron chi connectivity index (χ3n) is 3.26. The van der Waals surface area contributed by atoms with E-state index in [1.807, 2.05) is 32.0 Å². The summed E-state index contributed by atoms with van der Waals surface area (Å²) in [5.74, 6) is 1.65. The van der Waals surface area contributed by atoms with Gasteiger partial charge in [-0.15, -0.1) is 0 Å². The van der Waals surface area contributed by atoms with Gasteiger partial charge in [-0.05, 0) is 48.6 Å². The molecule has 0 amide bonds. The van der Waals surface area contributed by atoms with Gasteiger partial charge in [0.05, 0.1) is 11.9 Å². The molecule has 0 unspecified atom stereocenters. The maximum atomic E-state index is 6.26. The predicted octanol–water partition coefficient (Wildman–Crippen LogP) is 4.85. The molecule has 4 heteroatoms. The Labute approximate surface area is 124 Å². The Morgan fingerprint density at radius 1 is 1.15 bits per heavy atom. The fourth-order valence-corrected chi connectivity index (χ4v) is 2.37. The van der Waals surface area contributed by atoms with Crippen LogP contribution in [0.1, 0.15) is 36.5 Å². The van der Waals surface area contributed by atoms with E-state index >= 15 is 0 Å². The molecule has 2 rings (SSSR count). The molecule has 0 saturated heterocycles. The van der Waals surface area contributed by atoms with Crippen molar-refractivity contribution in [3.8, 4) is 11.6 Å². The van der Waals surface area contributed by atoms with Crippen molar-refractivity contribution in [2.75, 3.05) is 5.73 Å². The first-order valence-electron chi connectivity index (χ1n) is 6.58. The highest BCUT2D eigenvalue weighted by Crippen LogP contribution is 2.33. The van der Waals surface area contributed by atoms with Crippen LogP contribution in [0.2, 0.25) is 5.02 Å². The normalized spacial score (nSPS) is 10.9. The van der Waals surface area contributed by atoms with Gasteiger partial charge in [0.15, 0.2) is 0 Å². The van der Waals surface area contributed by atoms with Gasteiger partial charge in [-0.3, -0.25) is 0 Å². The van der Waals surface area contributed by atoms with E-state index in [0.29, 0.717) is 17.5 Å². The van der Waals surface area contributed by atoms with Crippen molar-refractivity contribution in [1.29, 1.82) is 0 Å². The van der Waals surface area contributed by atoms with Crippen LogP contribution in [0, 0.1) is 13.8 Å². The summed E-state index contributed by atoms with van der Waals surface area (Å²) in [5, 5.41) is 0.770. The third kappa shape index (κ3) is 3.05. The maximum absolute atomic E-state index is 6.26. The third-order valence-corrected chi connectivity index (χ3v) is 3.58. The Kier molecular flexibility index (Phi) is 4.19. The lowest BCUT2D eigenvalue weighted by Gasteiger charge is -2.14. The van der Waals surface area contributed by atoms with Gasteiger partial charge in [0.25, 0.3) is 0 Å². The van der Waals surface area contributed by atoms with Crippen LogP contribution in [0.3, 0.4) is 0 Å². The van der Waals surface area contributed by atoms with Gasteiger partial charge < -0.3 is 10.5 Å². The molecule has 3 nitrogen and oxygen atoms in total. The van der Waals surface area contributed by atoms with Crippen molar-refractivity contribution in [1.82, 2.24) is 4.98 Å². The number of nitrogen functional groups attached to an aromatic ring is 1. The number of rotatable bonds is 3. The van der Waals surface area contributed by atoms with E-state index in [9.17, 15) is 0 Å². The standard InChI is InChI=1S/C16H19ClN2O/c1-9(2)12-7-15(11(4)5-13(12)17)20-16-6-10(3)14(18)8-19-16/h5-9H,18H2,1-4H3. The molecule has 106 valence electrons. The first-order chi connectivity index (χ1) is 9.38. The topological polar surface area (TPSA) is 48.1 Å². The second kappa shape index (κ2) is 5.71. The molecule has 1 heterocycles. The number of aromatic nitrogens is 1. The average molecular weight is 291 g/mol. The number of halogens is 1. The van der Waals surface area contributed by atoms with Crippen LogP contribution >= 0.6 is 11.6 Å². The molecule has 1 aromatic heterocycles. The summed E-state index contributed by atoms with van der Waals surface area (Å²) in [6, 6.07) is 5.74. The molecule has 0 aliphatic rings. The minimum atomic E-state index is 0.339. The summed E-state index contributed by atoms with van der Waals surface area (Å²) >= 11 is 6.26. The van der Waals surface area contributed by atoms with Gasteiger partial charge >= 0.3 is 0 Å². The van der Waals surface area contributed by atoms with Gasteiger partial charge in [0.2, 0.25) is 5.88 Å². The lowest BCUT2D eigenvalue weighted by atomic mass is 10.0. The van der Waals surface area contributed by atoms with Crippen molar-refractivity contribution >= 4 is 17.3 Å². The number of nitrogens with zero attached hydrogens (tertiary/aromatic N) is 1. The Morgan fingerprint density at radius 2 is 1.85 bits per heavy atom. The summed E-state index contributed by atoms with van der Waals surface area (Å²) in [4.78, 5) is 4.19. The van der Waals surface area contributed by atoms with Crippen molar-refractivity contribution in [2.24, 2.45) is 0 Å². The molecule has 0 aliphatic carbocycles. The Hall–Kier alpha value is -1.74. The number of nitrogens with two attached hydrogens (primary N) is 1. The Bertz CT molecular complexity index is 639. The highest BCUT2D eigenvalue weighted by Gasteiger charge is 2.11. The van der Waals surface area contributed by atoms with Crippen LogP contribution < -0.4 is 10.5 Å². The zero-order chi connectivity index (χ0) is 14.9. The van der Waals surface area contributed by atoms with Crippen LogP contribution in [0.25, 0.3) is 0 Å². The number of pyridine rings is 1. The molecule has 0 spiro atoms. The maximum Gasteiger partial charge on any atom is 0.219 e. The number of aryl methyl sites for hydroxylation is 2. The molecule has 0 saturated carbocycles. The van der Waals surface area contributed by atoms with Gasteiger partial charge in [-0.25, -0.2) is 4.98 Å². The smallest absolute Gasteiger partial charge is 0.219 e. The lowest BCUT2D eigenvalue weighted by Crippen LogP contribution is -1.97. The lowest BCUT2D eigenvalue weighted by molar-refractivity contribution is 0.458. The summed E-state index contributed by atoms with van der Waals surface area (Å²) in [5.41, 5.74) is 9.42. The van der Waals surface area contributed by atoms with E-state index in [-0.39, 0.29) is 0 Å². The van der Waals surface area contributed by atoms with E-state index in [2.05, 4.69) is 18.8 Å². The fraction of sp³-hybridized carbons (Fsp3) is 0.312. The molecule has 2 aromatic rings. The summed E-state index contributed by atoms with van der Waals surface area (Å²) in [6.45, 7) is 8.10. The zero-order valence-electron chi connectivity index (χ0n) is 12.2. The number of benzene rings is 1. The fourth-order valence-electron chi connectivity index (χ4n) is 1.93. The molecule has 2 N–H and O–H groups in total. The summed E-state index contributed by atoms with van der Waals surface area (Å²) in [7, 11) is 0. The summed E-state index contributed by atoms with van der Waals surface area (Å²) in [6.07, 6.45) is 1.61. The highest BCUT2D eigenvalue weighted by atomic mass is 35.5. The van der Waals surface area contributed by atoms with Crippen LogP contribution in [0.4, 0.5) is 5.69 Å². The number of hydrogen-bond acceptors (Lipinski definition) is 3. The first-order valence-corrected chi connectivity index (χ1v) is 6.96. The Morgan fingerprint density at radius 3 is 2.45 bits per heavy atom. The molecule has 0 aliphatic heterocycles. The van der Waals surface area contributed by atoms with Crippen molar-refractivity contribution in [3.63, 3.8) is 0 Å². The van der Waals surface area contributed by atoms with Gasteiger partial charge in [0.1, 0.15) is 5.75 Å². The van der Waals surface area contributed by atoms with Crippen molar-refractivity contribution in [2.45, 2.75) is 33.6 Å². The Balaban J connectivity index is 2.37. The predicted molar refractivity (Wildman–Crippen MR) is 83.7 cm³/mol. The zero-order valence-corrected chi connectivity index (χ0v) is 13.0. The number of hydrogen-bond donors (Lipinski definition) is 1. The SMILES string of the molecule is Cc1cc(Oc2cc(C(C)C)c(Cl)cc2C)ncc1N. The van der Waals surface area contributed by atoms with Gasteiger partial charge in [-0.2, -0.15) is 0 Å². The number of ether oxygens (including phenoxy) is 1. The largest absolute Gasteiger partial charge is 0.439 e. The van der Waals surface area contributed by atoms with E-state index in [1.54, 1.807) is 6.20 Å². The van der Waals surface area contributed by atoms with Crippen LogP contribution in [-0.2, 0) is 0 Å². The van der Waals surface area contributed by atoms with Crippen molar-refractivity contribution < 1.29 is 4.74 Å². The molecular weight excluding hydrogens is 272 g/mol. The van der Waals surface area contributed by atoms with E-state index < -0.39 is 0 Å². The van der Waals surface area contributed by atoms with Crippen molar-refractivity contribution in [3.05, 3.63) is 46.1 Å². The quantitative estimate of drug-likeness (QED) is 0.879. The molecule has 20 heavy (non-hydrogen) atoms. The van der Waals surface area contributed by atoms with E-state index in [1.165, 1.54) is 0 Å². The molecular formula is C16H19ClN2O. The van der Waals surface area contributed by atoms with Crippen LogP contribution in [0.5, 0.6) is 11.6 Å². The van der Waals surface area contributed by atoms with E-state index in [4.69, 9.17) is 22.1 Å². The number of anilines is 1. The van der Waals surface area contributed by atoms with Gasteiger partial charge in [-0.1, -0.05) is 25.4 Å². The first kappa shape index (κ1) is 14.7. The average Bonchev–Trinajstić information content (AvgIpc) is 2.36. The molecule has 1 aromatic carbocycles. The monoisotopic (exact) mass is 290 g/mol. The summed E-state index contributed by atoms with van der Waals surface area (Å²) < 4.78 is 5.87. The molecule has 0 bridgehead atoms. The molecule has 0 fully saturated rings. The molecule has 0 radical (unpaired) electrons. The second-order valence-corrected chi connectivity index (χ2v) is 5.68. The van der Waals surface area contributed by atoms with Crippen LogP contribution in [-0.4, -0.2) is 4.98 Å². The van der Waals surface area contributed by atoms with Crippen LogP contribution in [0.15, 0.2) is 24.4 Å². The van der Waals surface area contributed by atoms with Gasteiger partial charge in [0, 0.05) is 11.1 Å². The minimum Gasteiger partial charge on any atom is -0.439 e. The highest BCUT2D eigenvalue weighted by molar-refractivity contribution is 6.31. The minimum absolute atomic E-state index is 0.339. The van der Waals surface area contributed by atoms with E-state index in [0.717, 1.165) is 27.5 Å².